The summed E-state index contributed by atoms with van der Waals surface area (Å²) in [7, 11) is -1.52. The summed E-state index contributed by atoms with van der Waals surface area (Å²) < 4.78 is 25.3. The van der Waals surface area contributed by atoms with Crippen molar-refractivity contribution in [2.75, 3.05) is 18.5 Å². The maximum absolute atomic E-state index is 11.8. The Bertz CT molecular complexity index is 1270. The second-order valence-corrected chi connectivity index (χ2v) is 13.2. The molecule has 1 aliphatic carbocycles. The summed E-state index contributed by atoms with van der Waals surface area (Å²) in [5.41, 5.74) is 2.90. The molecule has 0 saturated heterocycles. The number of para-hydroxylation sites is 1. The second-order valence-electron chi connectivity index (χ2n) is 9.70. The van der Waals surface area contributed by atoms with E-state index in [2.05, 4.69) is 4.90 Å². The first-order valence-corrected chi connectivity index (χ1v) is 14.9. The van der Waals surface area contributed by atoms with Crippen LogP contribution in [0.2, 0.25) is 5.02 Å². The Morgan fingerprint density at radius 2 is 1.78 bits per heavy atom. The maximum atomic E-state index is 11.8. The molecule has 0 bridgehead atoms. The summed E-state index contributed by atoms with van der Waals surface area (Å²) in [6.07, 6.45) is 5.69. The molecule has 1 unspecified atom stereocenters. The van der Waals surface area contributed by atoms with Crippen LogP contribution in [-0.4, -0.2) is 44.1 Å². The van der Waals surface area contributed by atoms with Gasteiger partial charge in [-0.2, -0.15) is 4.31 Å². The first-order chi connectivity index (χ1) is 17.2. The predicted molar refractivity (Wildman–Crippen MR) is 149 cm³/mol. The number of anilines is 2. The average molecular weight is 547 g/mol. The maximum Gasteiger partial charge on any atom is 0.346 e. The summed E-state index contributed by atoms with van der Waals surface area (Å²) in [4.78, 5) is 15.2. The van der Waals surface area contributed by atoms with Crippen LogP contribution < -0.4 is 4.90 Å². The van der Waals surface area contributed by atoms with Crippen molar-refractivity contribution in [3.05, 3.63) is 64.0 Å². The zero-order valence-electron chi connectivity index (χ0n) is 20.4. The molecule has 2 aliphatic rings. The van der Waals surface area contributed by atoms with Gasteiger partial charge in [-0.15, -0.1) is 22.1 Å². The number of benzene rings is 2. The fourth-order valence-electron chi connectivity index (χ4n) is 5.55. The fourth-order valence-corrected chi connectivity index (χ4v) is 8.56. The standard InChI is InChI=1S/C27H31ClN2O4S2/c1-17-13-24(35-26(17)27(31)32)20-14-25-22(15-21(20)28)30(19-11-7-4-8-12-19)16-23(29(2)36(25,33)34)18-9-5-3-6-10-18/h4,7-8,11-15,18,23,33-34H,3,5-6,9-10,16H2,1-2H3,(H,31,32). The SMILES string of the molecule is Cc1cc(-c2cc3c(cc2Cl)N(c2ccccc2)CC(C2CCCCC2)N(C)S3(O)O)sc1C(=O)O. The molecule has 6 nitrogen and oxygen atoms in total. The van der Waals surface area contributed by atoms with E-state index in [9.17, 15) is 19.0 Å². The smallest absolute Gasteiger partial charge is 0.346 e. The molecule has 1 saturated carbocycles. The van der Waals surface area contributed by atoms with Crippen molar-refractivity contribution in [2.45, 2.75) is 50.0 Å². The average Bonchev–Trinajstić information content (AvgIpc) is 3.23. The number of likely N-dealkylation sites (N-methyl/N-ethyl adjacent to an activating group) is 1. The highest BCUT2D eigenvalue weighted by molar-refractivity contribution is 8.22. The van der Waals surface area contributed by atoms with Gasteiger partial charge in [-0.05, 0) is 61.6 Å². The highest BCUT2D eigenvalue weighted by Gasteiger charge is 2.41. The van der Waals surface area contributed by atoms with Gasteiger partial charge in [0.15, 0.2) is 0 Å². The largest absolute Gasteiger partial charge is 0.477 e. The lowest BCUT2D eigenvalue weighted by Crippen LogP contribution is -2.45. The summed E-state index contributed by atoms with van der Waals surface area (Å²) >= 11 is 7.97. The Hall–Kier alpha value is -2.07. The van der Waals surface area contributed by atoms with Gasteiger partial charge in [-0.3, -0.25) is 9.11 Å². The van der Waals surface area contributed by atoms with Crippen LogP contribution in [0.1, 0.15) is 47.3 Å². The van der Waals surface area contributed by atoms with Crippen molar-refractivity contribution >= 4 is 51.1 Å². The molecule has 192 valence electrons. The lowest BCUT2D eigenvalue weighted by atomic mass is 9.83. The van der Waals surface area contributed by atoms with Gasteiger partial charge in [0.2, 0.25) is 0 Å². The number of carboxylic acid groups (broad SMARTS) is 1. The van der Waals surface area contributed by atoms with Crippen LogP contribution in [0, 0.1) is 12.8 Å². The van der Waals surface area contributed by atoms with Crippen LogP contribution in [0.4, 0.5) is 11.4 Å². The van der Waals surface area contributed by atoms with Crippen molar-refractivity contribution in [1.82, 2.24) is 4.31 Å². The third-order valence-corrected chi connectivity index (χ3v) is 11.1. The van der Waals surface area contributed by atoms with Gasteiger partial charge in [0.05, 0.1) is 15.6 Å². The minimum absolute atomic E-state index is 0.0484. The summed E-state index contributed by atoms with van der Waals surface area (Å²) in [5, 5.41) is 9.99. The van der Waals surface area contributed by atoms with E-state index < -0.39 is 16.7 Å². The van der Waals surface area contributed by atoms with Crippen molar-refractivity contribution in [1.29, 1.82) is 0 Å². The minimum Gasteiger partial charge on any atom is -0.477 e. The molecular weight excluding hydrogens is 516 g/mol. The highest BCUT2D eigenvalue weighted by atomic mass is 35.5. The van der Waals surface area contributed by atoms with Gasteiger partial charge in [-0.1, -0.05) is 49.1 Å². The zero-order valence-corrected chi connectivity index (χ0v) is 22.7. The van der Waals surface area contributed by atoms with Gasteiger partial charge in [0.1, 0.15) is 4.88 Å². The Morgan fingerprint density at radius 3 is 2.42 bits per heavy atom. The topological polar surface area (TPSA) is 84.2 Å². The number of thiophene rings is 1. The lowest BCUT2D eigenvalue weighted by Gasteiger charge is -2.46. The van der Waals surface area contributed by atoms with E-state index in [-0.39, 0.29) is 10.9 Å². The number of halogens is 1. The van der Waals surface area contributed by atoms with Crippen molar-refractivity contribution in [3.8, 4) is 10.4 Å². The van der Waals surface area contributed by atoms with Crippen LogP contribution in [-0.2, 0) is 0 Å². The number of carboxylic acids is 1. The molecule has 9 heteroatoms. The molecule has 5 rings (SSSR count). The van der Waals surface area contributed by atoms with Gasteiger partial charge in [0, 0.05) is 35.8 Å². The van der Waals surface area contributed by atoms with E-state index in [1.165, 1.54) is 6.42 Å². The molecule has 3 N–H and O–H groups in total. The summed E-state index contributed by atoms with van der Waals surface area (Å²) in [6.45, 7) is 2.37. The number of rotatable bonds is 4. The zero-order chi connectivity index (χ0) is 25.6. The highest BCUT2D eigenvalue weighted by Crippen LogP contribution is 2.60. The normalized spacial score (nSPS) is 21.6. The van der Waals surface area contributed by atoms with Crippen LogP contribution in [0.5, 0.6) is 0 Å². The molecular formula is C27H31ClN2O4S2. The molecule has 2 heterocycles. The quantitative estimate of drug-likeness (QED) is 0.306. The first-order valence-electron chi connectivity index (χ1n) is 12.2. The molecule has 0 amide bonds. The van der Waals surface area contributed by atoms with Crippen LogP contribution in [0.25, 0.3) is 10.4 Å². The van der Waals surface area contributed by atoms with E-state index >= 15 is 0 Å². The van der Waals surface area contributed by atoms with E-state index in [0.29, 0.717) is 44.1 Å². The Balaban J connectivity index is 1.69. The third-order valence-electron chi connectivity index (χ3n) is 7.51. The predicted octanol–water partition coefficient (Wildman–Crippen LogP) is 8.13. The number of carbonyl (C=O) groups is 1. The third kappa shape index (κ3) is 4.55. The molecule has 1 fully saturated rings. The second kappa shape index (κ2) is 10.0. The number of hydrogen-bond donors (Lipinski definition) is 3. The van der Waals surface area contributed by atoms with E-state index in [1.54, 1.807) is 29.4 Å². The summed E-state index contributed by atoms with van der Waals surface area (Å²) in [6, 6.07) is 15.3. The number of fused-ring (bicyclic) bond motifs is 1. The van der Waals surface area contributed by atoms with Crippen molar-refractivity contribution < 1.29 is 19.0 Å². The minimum atomic E-state index is -3.34. The van der Waals surface area contributed by atoms with Crippen LogP contribution >= 0.6 is 33.7 Å². The number of nitrogens with zero attached hydrogens (tertiary/aromatic N) is 2. The Labute approximate surface area is 222 Å². The molecule has 2 aromatic carbocycles. The van der Waals surface area contributed by atoms with E-state index in [1.807, 2.05) is 37.4 Å². The van der Waals surface area contributed by atoms with Gasteiger partial charge in [-0.25, -0.2) is 4.79 Å². The van der Waals surface area contributed by atoms with Crippen LogP contribution in [0.3, 0.4) is 0 Å². The number of hydrogen-bond acceptors (Lipinski definition) is 6. The lowest BCUT2D eigenvalue weighted by molar-refractivity contribution is 0.0701. The number of aromatic carboxylic acids is 1. The van der Waals surface area contributed by atoms with Crippen molar-refractivity contribution in [2.24, 2.45) is 5.92 Å². The molecule has 1 atom stereocenters. The first kappa shape index (κ1) is 25.6. The molecule has 3 aromatic rings. The van der Waals surface area contributed by atoms with Crippen LogP contribution in [0.15, 0.2) is 53.4 Å². The Kier molecular flexibility index (Phi) is 7.11. The molecule has 0 radical (unpaired) electrons. The van der Waals surface area contributed by atoms with E-state index in [4.69, 9.17) is 11.6 Å². The molecule has 36 heavy (non-hydrogen) atoms. The number of aryl methyl sites for hydroxylation is 1. The molecule has 1 aliphatic heterocycles. The monoisotopic (exact) mass is 546 g/mol. The summed E-state index contributed by atoms with van der Waals surface area (Å²) in [5.74, 6) is -0.618. The molecule has 0 spiro atoms. The fraction of sp³-hybridized carbons (Fsp3) is 0.370. The van der Waals surface area contributed by atoms with Gasteiger partial charge < -0.3 is 10.0 Å². The van der Waals surface area contributed by atoms with Gasteiger partial charge in [0.25, 0.3) is 0 Å². The van der Waals surface area contributed by atoms with Crippen molar-refractivity contribution in [3.63, 3.8) is 0 Å². The molecule has 1 aromatic heterocycles. The Morgan fingerprint density at radius 1 is 1.08 bits per heavy atom. The van der Waals surface area contributed by atoms with Gasteiger partial charge >= 0.3 is 5.97 Å². The van der Waals surface area contributed by atoms with E-state index in [0.717, 1.165) is 42.7 Å².